The van der Waals surface area contributed by atoms with Crippen molar-refractivity contribution in [1.82, 2.24) is 4.90 Å². The topological polar surface area (TPSA) is 46.6 Å². The second kappa shape index (κ2) is 7.39. The number of esters is 1. The van der Waals surface area contributed by atoms with Gasteiger partial charge in [-0.1, -0.05) is 52.0 Å². The van der Waals surface area contributed by atoms with Crippen molar-refractivity contribution in [2.75, 3.05) is 6.61 Å². The van der Waals surface area contributed by atoms with E-state index in [1.165, 1.54) is 16.7 Å². The van der Waals surface area contributed by atoms with Crippen molar-refractivity contribution in [2.45, 2.75) is 19.9 Å². The predicted molar refractivity (Wildman–Crippen MR) is 95.2 cm³/mol. The molecule has 4 nitrogen and oxygen atoms in total. The van der Waals surface area contributed by atoms with Crippen LogP contribution in [-0.4, -0.2) is 33.7 Å². The van der Waals surface area contributed by atoms with E-state index in [2.05, 4.69) is 15.9 Å². The zero-order chi connectivity index (χ0) is 16.3. The van der Waals surface area contributed by atoms with E-state index in [-0.39, 0.29) is 12.5 Å². The Bertz CT molecular complexity index is 643. The van der Waals surface area contributed by atoms with Gasteiger partial charge in [-0.3, -0.25) is 9.69 Å². The monoisotopic (exact) mass is 399 g/mol. The van der Waals surface area contributed by atoms with E-state index >= 15 is 0 Å². The fraction of sp³-hybridized carbons (Fsp3) is 0.267. The molecule has 1 amide bonds. The molecule has 1 saturated heterocycles. The Balaban J connectivity index is 2.21. The predicted octanol–water partition coefficient (Wildman–Crippen LogP) is 3.60. The average Bonchev–Trinajstić information content (AvgIpc) is 2.75. The van der Waals surface area contributed by atoms with Crippen molar-refractivity contribution >= 4 is 62.2 Å². The summed E-state index contributed by atoms with van der Waals surface area (Å²) in [6.45, 7) is 3.61. The van der Waals surface area contributed by atoms with Crippen molar-refractivity contribution in [1.29, 1.82) is 0 Å². The molecule has 0 bridgehead atoms. The quantitative estimate of drug-likeness (QED) is 0.439. The van der Waals surface area contributed by atoms with Gasteiger partial charge in [0.25, 0.3) is 5.91 Å². The van der Waals surface area contributed by atoms with Crippen LogP contribution in [0.5, 0.6) is 0 Å². The number of benzene rings is 1. The van der Waals surface area contributed by atoms with Gasteiger partial charge in [0.1, 0.15) is 10.4 Å². The van der Waals surface area contributed by atoms with Crippen LogP contribution < -0.4 is 0 Å². The SMILES string of the molecule is CCOC(=O)C(C)N1C(=O)/C(=C/c2ccc(Br)cc2)SC1=S. The van der Waals surface area contributed by atoms with Crippen LogP contribution in [0.4, 0.5) is 0 Å². The van der Waals surface area contributed by atoms with Crippen LogP contribution >= 0.6 is 39.9 Å². The van der Waals surface area contributed by atoms with Crippen LogP contribution in [0.3, 0.4) is 0 Å². The number of thiocarbonyl (C=S) groups is 1. The van der Waals surface area contributed by atoms with E-state index < -0.39 is 12.0 Å². The molecular formula is C15H14BrNO3S2. The standard InChI is InChI=1S/C15H14BrNO3S2/c1-3-20-14(19)9(2)17-13(18)12(22-15(17)21)8-10-4-6-11(16)7-5-10/h4-9H,3H2,1-2H3/b12-8-. The van der Waals surface area contributed by atoms with E-state index in [4.69, 9.17) is 17.0 Å². The van der Waals surface area contributed by atoms with Crippen LogP contribution in [0.25, 0.3) is 6.08 Å². The second-order valence-corrected chi connectivity index (χ2v) is 7.12. The summed E-state index contributed by atoms with van der Waals surface area (Å²) in [6.07, 6.45) is 1.77. The highest BCUT2D eigenvalue weighted by atomic mass is 79.9. The lowest BCUT2D eigenvalue weighted by Gasteiger charge is -2.21. The lowest BCUT2D eigenvalue weighted by Crippen LogP contribution is -2.42. The summed E-state index contributed by atoms with van der Waals surface area (Å²) in [5, 5.41) is 0. The number of carbonyl (C=O) groups is 2. The van der Waals surface area contributed by atoms with Crippen molar-refractivity contribution in [3.05, 3.63) is 39.2 Å². The molecule has 0 N–H and O–H groups in total. The normalized spacial score (nSPS) is 18.0. The van der Waals surface area contributed by atoms with Crippen LogP contribution in [0.1, 0.15) is 19.4 Å². The Morgan fingerprint density at radius 1 is 1.45 bits per heavy atom. The number of thioether (sulfide) groups is 1. The number of hydrogen-bond donors (Lipinski definition) is 0. The zero-order valence-electron chi connectivity index (χ0n) is 12.0. The Morgan fingerprint density at radius 2 is 2.09 bits per heavy atom. The second-order valence-electron chi connectivity index (χ2n) is 4.53. The number of carbonyl (C=O) groups excluding carboxylic acids is 2. The molecule has 0 saturated carbocycles. The van der Waals surface area contributed by atoms with Gasteiger partial charge in [0.2, 0.25) is 0 Å². The molecule has 1 aliphatic rings. The van der Waals surface area contributed by atoms with Crippen LogP contribution in [-0.2, 0) is 14.3 Å². The number of hydrogen-bond acceptors (Lipinski definition) is 5. The van der Waals surface area contributed by atoms with Crippen LogP contribution in [0, 0.1) is 0 Å². The van der Waals surface area contributed by atoms with Gasteiger partial charge in [0.15, 0.2) is 0 Å². The van der Waals surface area contributed by atoms with E-state index in [1.807, 2.05) is 24.3 Å². The number of amides is 1. The summed E-state index contributed by atoms with van der Waals surface area (Å²) in [7, 11) is 0. The Kier molecular flexibility index (Phi) is 5.77. The molecule has 0 aliphatic carbocycles. The summed E-state index contributed by atoms with van der Waals surface area (Å²) in [5.74, 6) is -0.720. The highest BCUT2D eigenvalue weighted by Crippen LogP contribution is 2.34. The van der Waals surface area contributed by atoms with E-state index in [0.717, 1.165) is 10.0 Å². The van der Waals surface area contributed by atoms with Gasteiger partial charge in [0, 0.05) is 4.47 Å². The molecule has 1 heterocycles. The molecule has 2 rings (SSSR count). The lowest BCUT2D eigenvalue weighted by atomic mass is 10.2. The lowest BCUT2D eigenvalue weighted by molar-refractivity contribution is -0.149. The Labute approximate surface area is 147 Å². The third-order valence-corrected chi connectivity index (χ3v) is 4.87. The largest absolute Gasteiger partial charge is 0.464 e. The summed E-state index contributed by atoms with van der Waals surface area (Å²) < 4.78 is 6.29. The zero-order valence-corrected chi connectivity index (χ0v) is 15.3. The Hall–Kier alpha value is -1.18. The summed E-state index contributed by atoms with van der Waals surface area (Å²) in [6, 6.07) is 6.86. The summed E-state index contributed by atoms with van der Waals surface area (Å²) in [4.78, 5) is 26.1. The van der Waals surface area contributed by atoms with Gasteiger partial charge in [-0.25, -0.2) is 4.79 Å². The summed E-state index contributed by atoms with van der Waals surface area (Å²) in [5.41, 5.74) is 0.896. The number of rotatable bonds is 4. The summed E-state index contributed by atoms with van der Waals surface area (Å²) >= 11 is 9.78. The van der Waals surface area contributed by atoms with Crippen LogP contribution in [0.2, 0.25) is 0 Å². The molecule has 0 spiro atoms. The van der Waals surface area contributed by atoms with Crippen LogP contribution in [0.15, 0.2) is 33.6 Å². The van der Waals surface area contributed by atoms with E-state index in [1.54, 1.807) is 19.9 Å². The highest BCUT2D eigenvalue weighted by Gasteiger charge is 2.38. The molecule has 1 aliphatic heterocycles. The van der Waals surface area contributed by atoms with E-state index in [0.29, 0.717) is 9.23 Å². The first-order chi connectivity index (χ1) is 10.4. The van der Waals surface area contributed by atoms with Crippen molar-refractivity contribution in [3.8, 4) is 0 Å². The molecule has 1 aromatic carbocycles. The fourth-order valence-electron chi connectivity index (χ4n) is 1.89. The average molecular weight is 400 g/mol. The van der Waals surface area contributed by atoms with E-state index in [9.17, 15) is 9.59 Å². The van der Waals surface area contributed by atoms with Crippen molar-refractivity contribution in [2.24, 2.45) is 0 Å². The molecule has 1 aromatic rings. The molecule has 0 aromatic heterocycles. The first kappa shape index (κ1) is 17.2. The smallest absolute Gasteiger partial charge is 0.329 e. The maximum atomic E-state index is 12.5. The number of nitrogens with zero attached hydrogens (tertiary/aromatic N) is 1. The van der Waals surface area contributed by atoms with Crippen molar-refractivity contribution in [3.63, 3.8) is 0 Å². The number of halogens is 1. The number of ether oxygens (including phenoxy) is 1. The Morgan fingerprint density at radius 3 is 2.68 bits per heavy atom. The molecule has 7 heteroatoms. The molecule has 22 heavy (non-hydrogen) atoms. The minimum Gasteiger partial charge on any atom is -0.464 e. The molecule has 1 fully saturated rings. The van der Waals surface area contributed by atoms with Gasteiger partial charge in [0.05, 0.1) is 11.5 Å². The van der Waals surface area contributed by atoms with Gasteiger partial charge < -0.3 is 4.74 Å². The molecule has 1 atom stereocenters. The van der Waals surface area contributed by atoms with Gasteiger partial charge in [-0.15, -0.1) is 0 Å². The fourth-order valence-corrected chi connectivity index (χ4v) is 3.58. The molecule has 1 unspecified atom stereocenters. The third kappa shape index (κ3) is 3.77. The maximum absolute atomic E-state index is 12.5. The molecule has 116 valence electrons. The third-order valence-electron chi connectivity index (χ3n) is 3.01. The minimum absolute atomic E-state index is 0.265. The van der Waals surface area contributed by atoms with Gasteiger partial charge in [-0.2, -0.15) is 0 Å². The highest BCUT2D eigenvalue weighted by molar-refractivity contribution is 9.10. The minimum atomic E-state index is -0.719. The molecular weight excluding hydrogens is 386 g/mol. The van der Waals surface area contributed by atoms with Gasteiger partial charge in [-0.05, 0) is 37.6 Å². The van der Waals surface area contributed by atoms with Gasteiger partial charge >= 0.3 is 5.97 Å². The molecule has 0 radical (unpaired) electrons. The first-order valence-electron chi connectivity index (χ1n) is 6.63. The maximum Gasteiger partial charge on any atom is 0.329 e. The van der Waals surface area contributed by atoms with Crippen molar-refractivity contribution < 1.29 is 14.3 Å². The first-order valence-corrected chi connectivity index (χ1v) is 8.65.